The summed E-state index contributed by atoms with van der Waals surface area (Å²) in [5.41, 5.74) is 2.15. The molecule has 2 amide bonds. The van der Waals surface area contributed by atoms with Gasteiger partial charge in [0, 0.05) is 29.7 Å². The Morgan fingerprint density at radius 1 is 1.05 bits per heavy atom. The number of nitrogens with zero attached hydrogens (tertiary/aromatic N) is 3. The van der Waals surface area contributed by atoms with Crippen molar-refractivity contribution < 1.29 is 28.8 Å². The van der Waals surface area contributed by atoms with Crippen LogP contribution in [0.3, 0.4) is 0 Å². The Kier molecular flexibility index (Phi) is 6.95. The third-order valence-electron chi connectivity index (χ3n) is 6.37. The molecule has 2 atom stereocenters. The van der Waals surface area contributed by atoms with Gasteiger partial charge in [-0.25, -0.2) is 9.59 Å². The molecule has 2 aromatic carbocycles. The van der Waals surface area contributed by atoms with Crippen LogP contribution in [0.1, 0.15) is 24.0 Å². The van der Waals surface area contributed by atoms with Gasteiger partial charge >= 0.3 is 12.1 Å². The quantitative estimate of drug-likeness (QED) is 0.175. The smallest absolute Gasteiger partial charge is 0.410 e. The van der Waals surface area contributed by atoms with Gasteiger partial charge in [0.15, 0.2) is 0 Å². The number of esters is 1. The Balaban J connectivity index is 1.16. The summed E-state index contributed by atoms with van der Waals surface area (Å²) in [7, 11) is 0. The molecule has 10 nitrogen and oxygen atoms in total. The summed E-state index contributed by atoms with van der Waals surface area (Å²) >= 11 is 1.33. The highest BCUT2D eigenvalue weighted by atomic mass is 32.2. The molecule has 0 aliphatic carbocycles. The number of non-ortho nitro benzene ring substituents is 1. The van der Waals surface area contributed by atoms with Crippen molar-refractivity contribution in [3.05, 3.63) is 98.6 Å². The van der Waals surface area contributed by atoms with Gasteiger partial charge in [-0.2, -0.15) is 0 Å². The van der Waals surface area contributed by atoms with Gasteiger partial charge in [-0.3, -0.25) is 19.8 Å². The lowest BCUT2D eigenvalue weighted by atomic mass is 10.0. The second-order valence-electron chi connectivity index (χ2n) is 8.73. The number of thioether (sulfide) groups is 1. The Labute approximate surface area is 216 Å². The maximum Gasteiger partial charge on any atom is 0.410 e. The van der Waals surface area contributed by atoms with Crippen LogP contribution in [-0.2, 0) is 32.3 Å². The number of carbonyl (C=O) groups excluding carboxylic acids is 3. The van der Waals surface area contributed by atoms with Crippen LogP contribution < -0.4 is 0 Å². The van der Waals surface area contributed by atoms with E-state index in [4.69, 9.17) is 9.47 Å². The fourth-order valence-corrected chi connectivity index (χ4v) is 5.54. The van der Waals surface area contributed by atoms with E-state index in [1.807, 2.05) is 36.4 Å². The summed E-state index contributed by atoms with van der Waals surface area (Å²) in [5, 5.41) is 12.0. The summed E-state index contributed by atoms with van der Waals surface area (Å²) in [6.45, 7) is 0.659. The number of hydrogen-bond acceptors (Lipinski definition) is 8. The van der Waals surface area contributed by atoms with Crippen LogP contribution in [0.5, 0.6) is 0 Å². The highest BCUT2D eigenvalue weighted by Crippen LogP contribution is 2.45. The van der Waals surface area contributed by atoms with Crippen LogP contribution >= 0.6 is 11.8 Å². The lowest BCUT2D eigenvalue weighted by Crippen LogP contribution is -2.52. The lowest BCUT2D eigenvalue weighted by Gasteiger charge is -2.38. The number of rotatable bonds is 7. The highest BCUT2D eigenvalue weighted by molar-refractivity contribution is 8.03. The number of carbonyl (C=O) groups is 3. The summed E-state index contributed by atoms with van der Waals surface area (Å²) in [6, 6.07) is 14.9. The zero-order valence-electron chi connectivity index (χ0n) is 19.6. The molecule has 0 radical (unpaired) electrons. The van der Waals surface area contributed by atoms with E-state index in [0.29, 0.717) is 17.7 Å². The molecule has 3 heterocycles. The molecular formula is C26H23N3O7S. The minimum absolute atomic E-state index is 0.0522. The molecule has 2 fully saturated rings. The van der Waals surface area contributed by atoms with Gasteiger partial charge in [-0.15, -0.1) is 11.8 Å². The van der Waals surface area contributed by atoms with Crippen LogP contribution in [0.4, 0.5) is 10.5 Å². The second kappa shape index (κ2) is 10.5. The van der Waals surface area contributed by atoms with Gasteiger partial charge < -0.3 is 14.4 Å². The van der Waals surface area contributed by atoms with E-state index in [2.05, 4.69) is 0 Å². The summed E-state index contributed by atoms with van der Waals surface area (Å²) in [6.07, 6.45) is 2.93. The van der Waals surface area contributed by atoms with E-state index in [1.54, 1.807) is 10.3 Å². The maximum absolute atomic E-state index is 12.9. The number of β-lactam (4-membered cyclic amide) rings is 1. The average Bonchev–Trinajstić information content (AvgIpc) is 3.55. The van der Waals surface area contributed by atoms with E-state index in [1.165, 1.54) is 40.9 Å². The molecule has 3 aliphatic heterocycles. The third-order valence-corrected chi connectivity index (χ3v) is 7.45. The van der Waals surface area contributed by atoms with Crippen LogP contribution in [-0.4, -0.2) is 50.7 Å². The number of likely N-dealkylation sites (tertiary alicyclic amines) is 1. The SMILES string of the molecule is O=C(OCc1ccc([N+](=O)[O-])cc1)C1=CS[C@@H]2C(=CC3CCCN3C(=O)OCc3ccccc3)C(=O)N12. The van der Waals surface area contributed by atoms with Crippen LogP contribution in [0.15, 0.2) is 77.4 Å². The summed E-state index contributed by atoms with van der Waals surface area (Å²) < 4.78 is 10.8. The largest absolute Gasteiger partial charge is 0.456 e. The molecule has 0 saturated carbocycles. The number of nitro groups is 1. The number of hydrogen-bond donors (Lipinski definition) is 0. The second-order valence-corrected chi connectivity index (χ2v) is 9.69. The number of ether oxygens (including phenoxy) is 2. The third kappa shape index (κ3) is 5.08. The topological polar surface area (TPSA) is 119 Å². The normalized spacial score (nSPS) is 21.4. The van der Waals surface area contributed by atoms with Crippen molar-refractivity contribution in [1.82, 2.24) is 9.80 Å². The van der Waals surface area contributed by atoms with E-state index >= 15 is 0 Å². The molecule has 1 unspecified atom stereocenters. The minimum atomic E-state index is -0.646. The van der Waals surface area contributed by atoms with Gasteiger partial charge in [0.1, 0.15) is 24.3 Å². The Morgan fingerprint density at radius 2 is 1.76 bits per heavy atom. The first kappa shape index (κ1) is 24.6. The molecule has 0 aromatic heterocycles. The molecule has 37 heavy (non-hydrogen) atoms. The fourth-order valence-electron chi connectivity index (χ4n) is 4.42. The Bertz CT molecular complexity index is 1290. The van der Waals surface area contributed by atoms with Gasteiger partial charge in [-0.1, -0.05) is 36.4 Å². The van der Waals surface area contributed by atoms with Crippen LogP contribution in [0.2, 0.25) is 0 Å². The van der Waals surface area contributed by atoms with Gasteiger partial charge in [0.25, 0.3) is 11.6 Å². The summed E-state index contributed by atoms with van der Waals surface area (Å²) in [5.74, 6) is -0.939. The summed E-state index contributed by atoms with van der Waals surface area (Å²) in [4.78, 5) is 51.5. The first-order valence-corrected chi connectivity index (χ1v) is 12.7. The minimum Gasteiger partial charge on any atom is -0.456 e. The van der Waals surface area contributed by atoms with Gasteiger partial charge in [0.05, 0.1) is 11.0 Å². The maximum atomic E-state index is 12.9. The van der Waals surface area contributed by atoms with Crippen molar-refractivity contribution in [2.45, 2.75) is 37.5 Å². The van der Waals surface area contributed by atoms with E-state index < -0.39 is 17.0 Å². The number of amides is 2. The molecule has 0 N–H and O–H groups in total. The Hall–Kier alpha value is -4.12. The standard InChI is InChI=1S/C26H23N3O7S/c30-23-21(13-20-7-4-12-27(20)26(32)36-15-17-5-2-1-3-6-17)24-28(23)22(16-37-24)25(31)35-14-18-8-10-19(11-9-18)29(33)34/h1-3,5-6,8-11,13,16,20,24H,4,7,12,14-15H2/t20?,24-/m1/s1. The number of fused-ring (bicyclic) bond motifs is 1. The number of nitro benzene ring substituents is 1. The van der Waals surface area contributed by atoms with Crippen LogP contribution in [0, 0.1) is 10.1 Å². The average molecular weight is 522 g/mol. The van der Waals surface area contributed by atoms with Crippen LogP contribution in [0.25, 0.3) is 0 Å². The molecule has 2 saturated heterocycles. The first-order valence-electron chi connectivity index (χ1n) is 11.7. The van der Waals surface area contributed by atoms with Crippen molar-refractivity contribution in [3.63, 3.8) is 0 Å². The van der Waals surface area contributed by atoms with Crippen molar-refractivity contribution in [2.24, 2.45) is 0 Å². The first-order chi connectivity index (χ1) is 17.9. The molecule has 0 bridgehead atoms. The molecule has 190 valence electrons. The van der Waals surface area contributed by atoms with Crippen molar-refractivity contribution >= 4 is 35.4 Å². The van der Waals surface area contributed by atoms with E-state index in [-0.39, 0.29) is 41.9 Å². The zero-order valence-corrected chi connectivity index (χ0v) is 20.5. The monoisotopic (exact) mass is 521 g/mol. The van der Waals surface area contributed by atoms with Crippen molar-refractivity contribution in [1.29, 1.82) is 0 Å². The molecule has 5 rings (SSSR count). The predicted octanol–water partition coefficient (Wildman–Crippen LogP) is 4.12. The molecular weight excluding hydrogens is 498 g/mol. The molecule has 0 spiro atoms. The molecule has 11 heteroatoms. The predicted molar refractivity (Wildman–Crippen MR) is 134 cm³/mol. The van der Waals surface area contributed by atoms with E-state index in [0.717, 1.165) is 18.4 Å². The van der Waals surface area contributed by atoms with Gasteiger partial charge in [-0.05, 0) is 36.1 Å². The van der Waals surface area contributed by atoms with Crippen molar-refractivity contribution in [3.8, 4) is 0 Å². The highest BCUT2D eigenvalue weighted by Gasteiger charge is 2.50. The fraction of sp³-hybridized carbons (Fsp3) is 0.269. The number of benzene rings is 2. The Morgan fingerprint density at radius 3 is 2.49 bits per heavy atom. The van der Waals surface area contributed by atoms with Crippen molar-refractivity contribution in [2.75, 3.05) is 6.54 Å². The zero-order chi connectivity index (χ0) is 25.9. The van der Waals surface area contributed by atoms with Gasteiger partial charge in [0.2, 0.25) is 0 Å². The lowest BCUT2D eigenvalue weighted by molar-refractivity contribution is -0.384. The molecule has 2 aromatic rings. The van der Waals surface area contributed by atoms with E-state index in [9.17, 15) is 24.5 Å². The molecule has 3 aliphatic rings.